The molecule has 0 bridgehead atoms. The van der Waals surface area contributed by atoms with E-state index < -0.39 is 0 Å². The highest BCUT2D eigenvalue weighted by Gasteiger charge is 2.30. The maximum absolute atomic E-state index is 3.49. The van der Waals surface area contributed by atoms with Crippen LogP contribution in [0.15, 0.2) is 0 Å². The number of hydrogen-bond acceptors (Lipinski definition) is 2. The van der Waals surface area contributed by atoms with Crippen molar-refractivity contribution >= 4 is 0 Å². The van der Waals surface area contributed by atoms with Gasteiger partial charge < -0.3 is 10.2 Å². The molecule has 0 radical (unpaired) electrons. The third-order valence-electron chi connectivity index (χ3n) is 3.67. The van der Waals surface area contributed by atoms with Crippen LogP contribution in [0.5, 0.6) is 0 Å². The summed E-state index contributed by atoms with van der Waals surface area (Å²) < 4.78 is 0. The average Bonchev–Trinajstić information content (AvgIpc) is 2.16. The molecule has 1 N–H and O–H groups in total. The molecule has 3 unspecified atom stereocenters. The van der Waals surface area contributed by atoms with Crippen molar-refractivity contribution in [1.82, 2.24) is 10.2 Å². The molecule has 2 heteroatoms. The molecule has 0 heterocycles. The minimum atomic E-state index is 0.699. The van der Waals surface area contributed by atoms with E-state index in [0.717, 1.165) is 17.9 Å². The summed E-state index contributed by atoms with van der Waals surface area (Å²) in [4.78, 5) is 2.56. The molecule has 1 fully saturated rings. The lowest BCUT2D eigenvalue weighted by atomic mass is 9.82. The van der Waals surface area contributed by atoms with Gasteiger partial charge in [0.1, 0.15) is 0 Å². The molecule has 0 aromatic rings. The van der Waals surface area contributed by atoms with Gasteiger partial charge in [-0.15, -0.1) is 0 Å². The maximum Gasteiger partial charge on any atom is 0.0248 e. The Kier molecular flexibility index (Phi) is 5.07. The first-order valence-electron chi connectivity index (χ1n) is 6.42. The van der Waals surface area contributed by atoms with Crippen LogP contribution >= 0.6 is 0 Å². The van der Waals surface area contributed by atoms with Crippen LogP contribution < -0.4 is 5.32 Å². The molecule has 0 aromatic carbocycles. The smallest absolute Gasteiger partial charge is 0.0248 e. The van der Waals surface area contributed by atoms with Crippen molar-refractivity contribution < 1.29 is 0 Å². The SMILES string of the molecule is CNC1CCC(C)CC1N(C)CC(C)C. The lowest BCUT2D eigenvalue weighted by molar-refractivity contribution is 0.118. The fourth-order valence-corrected chi connectivity index (χ4v) is 2.89. The van der Waals surface area contributed by atoms with E-state index in [0.29, 0.717) is 6.04 Å². The lowest BCUT2D eigenvalue weighted by Crippen LogP contribution is -2.51. The largest absolute Gasteiger partial charge is 0.315 e. The van der Waals surface area contributed by atoms with E-state index in [2.05, 4.69) is 45.1 Å². The van der Waals surface area contributed by atoms with Gasteiger partial charge in [0.25, 0.3) is 0 Å². The van der Waals surface area contributed by atoms with Crippen LogP contribution in [0.25, 0.3) is 0 Å². The maximum atomic E-state index is 3.49. The van der Waals surface area contributed by atoms with Gasteiger partial charge in [0.05, 0.1) is 0 Å². The summed E-state index contributed by atoms with van der Waals surface area (Å²) in [7, 11) is 4.39. The van der Waals surface area contributed by atoms with Crippen LogP contribution in [-0.2, 0) is 0 Å². The molecule has 90 valence electrons. The molecule has 1 rings (SSSR count). The number of likely N-dealkylation sites (N-methyl/N-ethyl adjacent to an activating group) is 2. The first-order chi connectivity index (χ1) is 7.04. The van der Waals surface area contributed by atoms with E-state index in [1.54, 1.807) is 0 Å². The fourth-order valence-electron chi connectivity index (χ4n) is 2.89. The zero-order chi connectivity index (χ0) is 11.4. The molecule has 1 aliphatic rings. The summed E-state index contributed by atoms with van der Waals surface area (Å²) in [5, 5.41) is 3.49. The van der Waals surface area contributed by atoms with Gasteiger partial charge in [-0.1, -0.05) is 20.8 Å². The average molecular weight is 212 g/mol. The van der Waals surface area contributed by atoms with E-state index in [4.69, 9.17) is 0 Å². The Balaban J connectivity index is 2.53. The number of rotatable bonds is 4. The number of nitrogens with zero attached hydrogens (tertiary/aromatic N) is 1. The van der Waals surface area contributed by atoms with Gasteiger partial charge in [-0.25, -0.2) is 0 Å². The second-order valence-electron chi connectivity index (χ2n) is 5.71. The Morgan fingerprint density at radius 3 is 2.53 bits per heavy atom. The molecule has 0 amide bonds. The van der Waals surface area contributed by atoms with Gasteiger partial charge in [0, 0.05) is 18.6 Å². The predicted molar refractivity (Wildman–Crippen MR) is 67.1 cm³/mol. The van der Waals surface area contributed by atoms with Crippen LogP contribution in [0.3, 0.4) is 0 Å². The highest BCUT2D eigenvalue weighted by Crippen LogP contribution is 2.27. The lowest BCUT2D eigenvalue weighted by Gasteiger charge is -2.41. The van der Waals surface area contributed by atoms with Crippen molar-refractivity contribution in [3.63, 3.8) is 0 Å². The topological polar surface area (TPSA) is 15.3 Å². The van der Waals surface area contributed by atoms with Crippen molar-refractivity contribution in [3.05, 3.63) is 0 Å². The first kappa shape index (κ1) is 13.0. The van der Waals surface area contributed by atoms with Crippen LogP contribution in [0.4, 0.5) is 0 Å². The third kappa shape index (κ3) is 3.76. The molecule has 2 nitrogen and oxygen atoms in total. The molecule has 1 saturated carbocycles. The first-order valence-corrected chi connectivity index (χ1v) is 6.42. The zero-order valence-corrected chi connectivity index (χ0v) is 11.1. The minimum absolute atomic E-state index is 0.699. The van der Waals surface area contributed by atoms with E-state index in [-0.39, 0.29) is 0 Å². The van der Waals surface area contributed by atoms with E-state index in [9.17, 15) is 0 Å². The van der Waals surface area contributed by atoms with E-state index in [1.165, 1.54) is 25.8 Å². The van der Waals surface area contributed by atoms with Gasteiger partial charge in [-0.05, 0) is 45.2 Å². The highest BCUT2D eigenvalue weighted by atomic mass is 15.2. The van der Waals surface area contributed by atoms with E-state index in [1.807, 2.05) is 0 Å². The summed E-state index contributed by atoms with van der Waals surface area (Å²) in [5.41, 5.74) is 0. The fraction of sp³-hybridized carbons (Fsp3) is 1.00. The summed E-state index contributed by atoms with van der Waals surface area (Å²) in [5.74, 6) is 1.67. The molecule has 15 heavy (non-hydrogen) atoms. The number of nitrogens with one attached hydrogen (secondary N) is 1. The molecular formula is C13H28N2. The Hall–Kier alpha value is -0.0800. The Bertz CT molecular complexity index is 179. The molecule has 3 atom stereocenters. The van der Waals surface area contributed by atoms with Crippen LogP contribution in [0.1, 0.15) is 40.0 Å². The molecule has 0 spiro atoms. The van der Waals surface area contributed by atoms with Crippen molar-refractivity contribution in [2.24, 2.45) is 11.8 Å². The van der Waals surface area contributed by atoms with Gasteiger partial charge in [-0.2, -0.15) is 0 Å². The molecular weight excluding hydrogens is 184 g/mol. The van der Waals surface area contributed by atoms with Crippen molar-refractivity contribution in [1.29, 1.82) is 0 Å². The van der Waals surface area contributed by atoms with Crippen molar-refractivity contribution in [2.45, 2.75) is 52.1 Å². The predicted octanol–water partition coefficient (Wildman–Crippen LogP) is 2.35. The summed E-state index contributed by atoms with van der Waals surface area (Å²) in [6.07, 6.45) is 4.08. The van der Waals surface area contributed by atoms with E-state index >= 15 is 0 Å². The van der Waals surface area contributed by atoms with Crippen LogP contribution in [0.2, 0.25) is 0 Å². The van der Waals surface area contributed by atoms with Crippen LogP contribution in [-0.4, -0.2) is 37.6 Å². The molecule has 0 aromatic heterocycles. The van der Waals surface area contributed by atoms with Crippen LogP contribution in [0, 0.1) is 11.8 Å². The Morgan fingerprint density at radius 2 is 2.00 bits per heavy atom. The second-order valence-corrected chi connectivity index (χ2v) is 5.71. The third-order valence-corrected chi connectivity index (χ3v) is 3.67. The normalized spacial score (nSPS) is 32.6. The molecule has 1 aliphatic carbocycles. The number of hydrogen-bond donors (Lipinski definition) is 1. The Labute approximate surface area is 95.4 Å². The van der Waals surface area contributed by atoms with Gasteiger partial charge in [0.2, 0.25) is 0 Å². The highest BCUT2D eigenvalue weighted by molar-refractivity contribution is 4.88. The summed E-state index contributed by atoms with van der Waals surface area (Å²) >= 11 is 0. The zero-order valence-electron chi connectivity index (χ0n) is 11.1. The van der Waals surface area contributed by atoms with Gasteiger partial charge >= 0.3 is 0 Å². The van der Waals surface area contributed by atoms with Gasteiger partial charge in [-0.3, -0.25) is 0 Å². The molecule has 0 saturated heterocycles. The van der Waals surface area contributed by atoms with Crippen molar-refractivity contribution in [2.75, 3.05) is 20.6 Å². The van der Waals surface area contributed by atoms with Gasteiger partial charge in [0.15, 0.2) is 0 Å². The standard InChI is InChI=1S/C13H28N2/c1-10(2)9-15(5)13-8-11(3)6-7-12(13)14-4/h10-14H,6-9H2,1-5H3. The minimum Gasteiger partial charge on any atom is -0.315 e. The Morgan fingerprint density at radius 1 is 1.33 bits per heavy atom. The summed E-state index contributed by atoms with van der Waals surface area (Å²) in [6, 6.07) is 1.44. The quantitative estimate of drug-likeness (QED) is 0.769. The monoisotopic (exact) mass is 212 g/mol. The summed E-state index contributed by atoms with van der Waals surface area (Å²) in [6.45, 7) is 8.21. The van der Waals surface area contributed by atoms with Crippen molar-refractivity contribution in [3.8, 4) is 0 Å². The second kappa shape index (κ2) is 5.86. The molecule has 0 aliphatic heterocycles.